The van der Waals surface area contributed by atoms with Gasteiger partial charge in [-0.2, -0.15) is 0 Å². The fraction of sp³-hybridized carbons (Fsp3) is 0.714. The average Bonchev–Trinajstić information content (AvgIpc) is 2.88. The summed E-state index contributed by atoms with van der Waals surface area (Å²) in [4.78, 5) is 33.4. The predicted octanol–water partition coefficient (Wildman–Crippen LogP) is 7.60. The van der Waals surface area contributed by atoms with E-state index in [4.69, 9.17) is 14.2 Å². The molecule has 204 valence electrons. The standard InChI is InChI=1S/C28H45NO7/c1-3-4-5-6-7-8-9-10-11-12-13-14-15-16-17-18-28(31)36-20-19-35-27-22-25(29(32)33)24(23-30)21-26(27)34-2/h21-23H,3-20H2,1-2H3. The number of rotatable bonds is 23. The number of ether oxygens (including phenoxy) is 3. The van der Waals surface area contributed by atoms with Crippen LogP contribution in [-0.4, -0.2) is 37.5 Å². The van der Waals surface area contributed by atoms with Crippen molar-refractivity contribution in [3.63, 3.8) is 0 Å². The van der Waals surface area contributed by atoms with Crippen LogP contribution in [0.3, 0.4) is 0 Å². The molecule has 0 fully saturated rings. The fourth-order valence-electron chi connectivity index (χ4n) is 4.11. The molecule has 1 rings (SSSR count). The van der Waals surface area contributed by atoms with Crippen molar-refractivity contribution in [3.05, 3.63) is 27.8 Å². The molecule has 0 spiro atoms. The van der Waals surface area contributed by atoms with Crippen molar-refractivity contribution in [1.29, 1.82) is 0 Å². The van der Waals surface area contributed by atoms with E-state index in [-0.39, 0.29) is 41.9 Å². The summed E-state index contributed by atoms with van der Waals surface area (Å²) in [5, 5.41) is 11.1. The van der Waals surface area contributed by atoms with Crippen molar-refractivity contribution in [2.24, 2.45) is 0 Å². The Morgan fingerprint density at radius 2 is 1.36 bits per heavy atom. The summed E-state index contributed by atoms with van der Waals surface area (Å²) in [6, 6.07) is 2.39. The van der Waals surface area contributed by atoms with Crippen LogP contribution in [0.2, 0.25) is 0 Å². The van der Waals surface area contributed by atoms with Crippen molar-refractivity contribution >= 4 is 17.9 Å². The maximum absolute atomic E-state index is 11.9. The second-order valence-electron chi connectivity index (χ2n) is 9.21. The Kier molecular flexibility index (Phi) is 17.9. The fourth-order valence-corrected chi connectivity index (χ4v) is 4.11. The monoisotopic (exact) mass is 507 g/mol. The minimum Gasteiger partial charge on any atom is -0.493 e. The Bertz CT molecular complexity index is 767. The third kappa shape index (κ3) is 14.0. The number of nitro benzene ring substituents is 1. The van der Waals surface area contributed by atoms with Crippen molar-refractivity contribution in [3.8, 4) is 11.5 Å². The number of benzene rings is 1. The Hall–Kier alpha value is -2.64. The largest absolute Gasteiger partial charge is 0.493 e. The minimum absolute atomic E-state index is 0.0263. The van der Waals surface area contributed by atoms with E-state index in [1.807, 2.05) is 0 Å². The molecule has 8 heteroatoms. The summed E-state index contributed by atoms with van der Waals surface area (Å²) in [7, 11) is 1.37. The topological polar surface area (TPSA) is 105 Å². The first-order valence-corrected chi connectivity index (χ1v) is 13.6. The molecular formula is C28H45NO7. The normalized spacial score (nSPS) is 10.7. The number of methoxy groups -OCH3 is 1. The Morgan fingerprint density at radius 1 is 0.833 bits per heavy atom. The van der Waals surface area contributed by atoms with Gasteiger partial charge >= 0.3 is 5.97 Å². The van der Waals surface area contributed by atoms with Gasteiger partial charge in [-0.25, -0.2) is 0 Å². The van der Waals surface area contributed by atoms with Crippen LogP contribution in [-0.2, 0) is 9.53 Å². The summed E-state index contributed by atoms with van der Waals surface area (Å²) >= 11 is 0. The molecule has 0 bridgehead atoms. The summed E-state index contributed by atoms with van der Waals surface area (Å²) in [5.41, 5.74) is -0.468. The van der Waals surface area contributed by atoms with Gasteiger partial charge in [-0.1, -0.05) is 96.8 Å². The summed E-state index contributed by atoms with van der Waals surface area (Å²) in [6.45, 7) is 2.31. The molecule has 0 unspecified atom stereocenters. The minimum atomic E-state index is -0.659. The van der Waals surface area contributed by atoms with Crippen LogP contribution in [0, 0.1) is 10.1 Å². The molecule has 0 amide bonds. The molecule has 0 aliphatic heterocycles. The van der Waals surface area contributed by atoms with Gasteiger partial charge in [-0.3, -0.25) is 19.7 Å². The van der Waals surface area contributed by atoms with Crippen LogP contribution in [0.5, 0.6) is 11.5 Å². The van der Waals surface area contributed by atoms with Crippen LogP contribution in [0.25, 0.3) is 0 Å². The second-order valence-corrected chi connectivity index (χ2v) is 9.21. The zero-order valence-corrected chi connectivity index (χ0v) is 22.3. The van der Waals surface area contributed by atoms with Crippen LogP contribution in [0.4, 0.5) is 5.69 Å². The molecule has 0 aliphatic rings. The van der Waals surface area contributed by atoms with E-state index in [1.165, 1.54) is 90.2 Å². The molecule has 0 atom stereocenters. The first-order valence-electron chi connectivity index (χ1n) is 13.6. The van der Waals surface area contributed by atoms with Crippen LogP contribution in [0.1, 0.15) is 120 Å². The third-order valence-corrected chi connectivity index (χ3v) is 6.23. The number of carbonyl (C=O) groups excluding carboxylic acids is 2. The highest BCUT2D eigenvalue weighted by atomic mass is 16.6. The third-order valence-electron chi connectivity index (χ3n) is 6.23. The van der Waals surface area contributed by atoms with Crippen molar-refractivity contribution in [2.45, 2.75) is 110 Å². The van der Waals surface area contributed by atoms with Gasteiger partial charge < -0.3 is 14.2 Å². The van der Waals surface area contributed by atoms with E-state index < -0.39 is 4.92 Å². The van der Waals surface area contributed by atoms with Gasteiger partial charge in [0.2, 0.25) is 0 Å². The highest BCUT2D eigenvalue weighted by Gasteiger charge is 2.19. The first kappa shape index (κ1) is 31.4. The SMILES string of the molecule is CCCCCCCCCCCCCCCCCC(=O)OCCOc1cc([N+](=O)[O-])c(C=O)cc1OC. The zero-order valence-electron chi connectivity index (χ0n) is 22.3. The molecule has 1 aromatic carbocycles. The summed E-state index contributed by atoms with van der Waals surface area (Å²) in [6.07, 6.45) is 19.9. The van der Waals surface area contributed by atoms with Crippen LogP contribution >= 0.6 is 0 Å². The number of carbonyl (C=O) groups is 2. The molecule has 0 heterocycles. The maximum Gasteiger partial charge on any atom is 0.305 e. The van der Waals surface area contributed by atoms with Crippen molar-refractivity contribution in [1.82, 2.24) is 0 Å². The zero-order chi connectivity index (χ0) is 26.4. The molecule has 0 saturated heterocycles. The molecule has 0 aliphatic carbocycles. The molecule has 8 nitrogen and oxygen atoms in total. The lowest BCUT2D eigenvalue weighted by Crippen LogP contribution is -2.12. The number of nitrogens with zero attached hydrogens (tertiary/aromatic N) is 1. The van der Waals surface area contributed by atoms with Gasteiger partial charge in [0, 0.05) is 12.5 Å². The van der Waals surface area contributed by atoms with Gasteiger partial charge in [0.1, 0.15) is 13.2 Å². The maximum atomic E-state index is 11.9. The smallest absolute Gasteiger partial charge is 0.305 e. The van der Waals surface area contributed by atoms with Gasteiger partial charge in [-0.05, 0) is 6.42 Å². The first-order chi connectivity index (χ1) is 17.5. The molecule has 0 aromatic heterocycles. The average molecular weight is 508 g/mol. The van der Waals surface area contributed by atoms with Crippen LogP contribution < -0.4 is 9.47 Å². The number of esters is 1. The van der Waals surface area contributed by atoms with E-state index in [2.05, 4.69) is 6.92 Å². The predicted molar refractivity (Wildman–Crippen MR) is 141 cm³/mol. The number of hydrogen-bond donors (Lipinski definition) is 0. The summed E-state index contributed by atoms with van der Waals surface area (Å²) < 4.78 is 15.8. The Labute approximate surface area is 216 Å². The molecule has 0 saturated carbocycles. The van der Waals surface area contributed by atoms with Gasteiger partial charge in [0.25, 0.3) is 5.69 Å². The lowest BCUT2D eigenvalue weighted by atomic mass is 10.0. The second kappa shape index (κ2) is 20.5. The van der Waals surface area contributed by atoms with Crippen molar-refractivity contribution < 1.29 is 28.7 Å². The highest BCUT2D eigenvalue weighted by molar-refractivity contribution is 5.83. The van der Waals surface area contributed by atoms with E-state index in [0.29, 0.717) is 12.7 Å². The van der Waals surface area contributed by atoms with Gasteiger partial charge in [0.05, 0.1) is 23.7 Å². The number of hydrogen-bond acceptors (Lipinski definition) is 7. The number of nitro groups is 1. The summed E-state index contributed by atoms with van der Waals surface area (Å²) in [5.74, 6) is 0.0441. The van der Waals surface area contributed by atoms with E-state index in [0.717, 1.165) is 25.3 Å². The molecule has 36 heavy (non-hydrogen) atoms. The number of aldehydes is 1. The van der Waals surface area contributed by atoms with E-state index >= 15 is 0 Å². The van der Waals surface area contributed by atoms with Gasteiger partial charge in [-0.15, -0.1) is 0 Å². The molecule has 0 N–H and O–H groups in total. The highest BCUT2D eigenvalue weighted by Crippen LogP contribution is 2.34. The molecule has 0 radical (unpaired) electrons. The number of unbranched alkanes of at least 4 members (excludes halogenated alkanes) is 14. The van der Waals surface area contributed by atoms with E-state index in [9.17, 15) is 19.7 Å². The van der Waals surface area contributed by atoms with Gasteiger partial charge in [0.15, 0.2) is 17.8 Å². The van der Waals surface area contributed by atoms with Crippen LogP contribution in [0.15, 0.2) is 12.1 Å². The lowest BCUT2D eigenvalue weighted by molar-refractivity contribution is -0.385. The molecule has 1 aromatic rings. The van der Waals surface area contributed by atoms with Crippen molar-refractivity contribution in [2.75, 3.05) is 20.3 Å². The Balaban J connectivity index is 2.04. The Morgan fingerprint density at radius 3 is 1.83 bits per heavy atom. The molecular weight excluding hydrogens is 462 g/mol. The quantitative estimate of drug-likeness (QED) is 0.0493. The lowest BCUT2D eigenvalue weighted by Gasteiger charge is -2.11. The van der Waals surface area contributed by atoms with E-state index in [1.54, 1.807) is 0 Å².